The Hall–Kier alpha value is -1.59. The second kappa shape index (κ2) is 6.45. The molecule has 110 valence electrons. The van der Waals surface area contributed by atoms with E-state index in [4.69, 9.17) is 0 Å². The molecule has 0 spiro atoms. The molecule has 0 atom stereocenters. The average Bonchev–Trinajstić information content (AvgIpc) is 2.46. The Bertz CT molecular complexity index is 755. The van der Waals surface area contributed by atoms with Crippen molar-refractivity contribution in [1.29, 1.82) is 0 Å². The summed E-state index contributed by atoms with van der Waals surface area (Å²) in [5, 5.41) is 1.23. The maximum atomic E-state index is 12.4. The van der Waals surface area contributed by atoms with Crippen LogP contribution in [0.1, 0.15) is 11.1 Å². The van der Waals surface area contributed by atoms with Crippen LogP contribution in [0.15, 0.2) is 58.4 Å². The number of hydrogen-bond acceptors (Lipinski definition) is 2. The van der Waals surface area contributed by atoms with E-state index in [9.17, 15) is 8.42 Å². The second-order valence-electron chi connectivity index (χ2n) is 4.66. The molecular weight excluding hydrogens is 350 g/mol. The molecule has 2 rings (SSSR count). The Morgan fingerprint density at radius 1 is 1.10 bits per heavy atom. The normalized spacial score (nSPS) is 11.8. The van der Waals surface area contributed by atoms with Crippen molar-refractivity contribution in [3.63, 3.8) is 0 Å². The fourth-order valence-corrected chi connectivity index (χ4v) is 3.40. The van der Waals surface area contributed by atoms with E-state index in [1.807, 2.05) is 49.4 Å². The number of benzene rings is 2. The van der Waals surface area contributed by atoms with Gasteiger partial charge in [-0.05, 0) is 42.3 Å². The molecule has 0 heterocycles. The van der Waals surface area contributed by atoms with Gasteiger partial charge in [0.05, 0.1) is 11.1 Å². The summed E-state index contributed by atoms with van der Waals surface area (Å²) >= 11 is 3.38. The molecule has 5 heteroatoms. The second-order valence-corrected chi connectivity index (χ2v) is 7.42. The lowest BCUT2D eigenvalue weighted by Crippen LogP contribution is -2.24. The molecule has 2 aromatic carbocycles. The van der Waals surface area contributed by atoms with Crippen LogP contribution in [0.3, 0.4) is 0 Å². The smallest absolute Gasteiger partial charge is 0.257 e. The molecule has 0 amide bonds. The van der Waals surface area contributed by atoms with E-state index in [0.717, 1.165) is 15.6 Å². The van der Waals surface area contributed by atoms with Gasteiger partial charge in [-0.25, -0.2) is 8.42 Å². The van der Waals surface area contributed by atoms with Crippen LogP contribution in [0.5, 0.6) is 0 Å². The Balaban J connectivity index is 2.29. The molecule has 0 aliphatic rings. The van der Waals surface area contributed by atoms with Crippen molar-refractivity contribution < 1.29 is 8.42 Å². The minimum Gasteiger partial charge on any atom is -0.270 e. The first-order valence-corrected chi connectivity index (χ1v) is 8.68. The molecule has 0 aliphatic heterocycles. The van der Waals surface area contributed by atoms with Crippen molar-refractivity contribution in [3.8, 4) is 0 Å². The summed E-state index contributed by atoms with van der Waals surface area (Å²) in [6.45, 7) is 1.88. The Morgan fingerprint density at radius 3 is 2.38 bits per heavy atom. The van der Waals surface area contributed by atoms with Gasteiger partial charge in [0, 0.05) is 11.5 Å². The van der Waals surface area contributed by atoms with Gasteiger partial charge >= 0.3 is 0 Å². The van der Waals surface area contributed by atoms with Crippen molar-refractivity contribution in [2.24, 2.45) is 0 Å². The van der Waals surface area contributed by atoms with Crippen LogP contribution in [0.4, 0.5) is 5.69 Å². The third kappa shape index (κ3) is 3.95. The van der Waals surface area contributed by atoms with Gasteiger partial charge in [0.1, 0.15) is 0 Å². The van der Waals surface area contributed by atoms with E-state index in [2.05, 4.69) is 15.9 Å². The fourth-order valence-electron chi connectivity index (χ4n) is 1.93. The van der Waals surface area contributed by atoms with Gasteiger partial charge in [-0.3, -0.25) is 4.31 Å². The highest BCUT2D eigenvalue weighted by Gasteiger charge is 2.16. The zero-order valence-corrected chi connectivity index (χ0v) is 14.2. The fraction of sp³-hybridized carbons (Fsp3) is 0.125. The predicted molar refractivity (Wildman–Crippen MR) is 91.7 cm³/mol. The molecule has 0 aliphatic carbocycles. The van der Waals surface area contributed by atoms with E-state index in [0.29, 0.717) is 5.69 Å². The van der Waals surface area contributed by atoms with Gasteiger partial charge < -0.3 is 0 Å². The van der Waals surface area contributed by atoms with Gasteiger partial charge in [-0.1, -0.05) is 46.3 Å². The van der Waals surface area contributed by atoms with Crippen LogP contribution in [0.2, 0.25) is 0 Å². The third-order valence-corrected chi connectivity index (χ3v) is 5.05. The lowest BCUT2D eigenvalue weighted by atomic mass is 10.2. The van der Waals surface area contributed by atoms with Gasteiger partial charge in [0.2, 0.25) is 0 Å². The van der Waals surface area contributed by atoms with Crippen molar-refractivity contribution >= 4 is 37.7 Å². The van der Waals surface area contributed by atoms with Crippen molar-refractivity contribution in [2.45, 2.75) is 6.92 Å². The maximum Gasteiger partial charge on any atom is 0.257 e. The number of nitrogens with zero attached hydrogens (tertiary/aromatic N) is 1. The van der Waals surface area contributed by atoms with Crippen LogP contribution in [0, 0.1) is 6.92 Å². The van der Waals surface area contributed by atoms with Crippen LogP contribution >= 0.6 is 15.9 Å². The first-order chi connectivity index (χ1) is 9.90. The molecule has 21 heavy (non-hydrogen) atoms. The lowest BCUT2D eigenvalue weighted by Gasteiger charge is -2.19. The molecule has 0 fully saturated rings. The zero-order valence-electron chi connectivity index (χ0n) is 11.8. The van der Waals surface area contributed by atoms with Gasteiger partial charge in [0.15, 0.2) is 0 Å². The third-order valence-electron chi connectivity index (χ3n) is 3.11. The van der Waals surface area contributed by atoms with Gasteiger partial charge in [-0.2, -0.15) is 0 Å². The van der Waals surface area contributed by atoms with E-state index < -0.39 is 10.0 Å². The Morgan fingerprint density at radius 2 is 1.76 bits per heavy atom. The van der Waals surface area contributed by atoms with E-state index in [-0.39, 0.29) is 0 Å². The maximum absolute atomic E-state index is 12.4. The summed E-state index contributed by atoms with van der Waals surface area (Å²) in [5.41, 5.74) is 2.40. The molecule has 0 aromatic heterocycles. The minimum atomic E-state index is -3.51. The highest BCUT2D eigenvalue weighted by molar-refractivity contribution is 9.10. The first-order valence-electron chi connectivity index (χ1n) is 6.38. The molecule has 0 bridgehead atoms. The number of anilines is 1. The van der Waals surface area contributed by atoms with E-state index in [1.54, 1.807) is 19.2 Å². The minimum absolute atomic E-state index is 0.663. The Labute approximate surface area is 134 Å². The van der Waals surface area contributed by atoms with Crippen molar-refractivity contribution in [2.75, 3.05) is 11.4 Å². The molecule has 0 N–H and O–H groups in total. The number of rotatable bonds is 4. The number of aryl methyl sites for hydroxylation is 1. The summed E-state index contributed by atoms with van der Waals surface area (Å²) in [6, 6.07) is 14.9. The van der Waals surface area contributed by atoms with E-state index >= 15 is 0 Å². The number of sulfonamides is 1. The zero-order chi connectivity index (χ0) is 15.5. The molecule has 0 unspecified atom stereocenters. The standard InChI is InChI=1S/C16H16BrNO2S/c1-13-12-15(17)8-9-16(13)18(2)21(19,20)11-10-14-6-4-3-5-7-14/h3-12H,1-2H3/b11-10+. The quantitative estimate of drug-likeness (QED) is 0.814. The van der Waals surface area contributed by atoms with Gasteiger partial charge in [0.25, 0.3) is 10.0 Å². The highest BCUT2D eigenvalue weighted by Crippen LogP contribution is 2.25. The summed E-state index contributed by atoms with van der Waals surface area (Å²) in [7, 11) is -1.95. The monoisotopic (exact) mass is 365 g/mol. The Kier molecular flexibility index (Phi) is 4.85. The SMILES string of the molecule is Cc1cc(Br)ccc1N(C)S(=O)(=O)/C=C/c1ccccc1. The molecule has 3 nitrogen and oxygen atoms in total. The van der Waals surface area contributed by atoms with Crippen molar-refractivity contribution in [3.05, 3.63) is 69.5 Å². The first kappa shape index (κ1) is 15.8. The van der Waals surface area contributed by atoms with Crippen LogP contribution in [-0.2, 0) is 10.0 Å². The number of halogens is 1. The van der Waals surface area contributed by atoms with Crippen LogP contribution < -0.4 is 4.31 Å². The summed E-state index contributed by atoms with van der Waals surface area (Å²) < 4.78 is 26.9. The summed E-state index contributed by atoms with van der Waals surface area (Å²) in [5.74, 6) is 0. The average molecular weight is 366 g/mol. The summed E-state index contributed by atoms with van der Waals surface area (Å²) in [6.07, 6.45) is 1.60. The molecule has 2 aromatic rings. The molecule has 0 radical (unpaired) electrons. The highest BCUT2D eigenvalue weighted by atomic mass is 79.9. The van der Waals surface area contributed by atoms with Crippen LogP contribution in [-0.4, -0.2) is 15.5 Å². The lowest BCUT2D eigenvalue weighted by molar-refractivity contribution is 0.603. The van der Waals surface area contributed by atoms with Gasteiger partial charge in [-0.15, -0.1) is 0 Å². The largest absolute Gasteiger partial charge is 0.270 e. The molecule has 0 saturated carbocycles. The molecular formula is C16H16BrNO2S. The van der Waals surface area contributed by atoms with Crippen LogP contribution in [0.25, 0.3) is 6.08 Å². The predicted octanol–water partition coefficient (Wildman–Crippen LogP) is 4.19. The topological polar surface area (TPSA) is 37.4 Å². The summed E-state index contributed by atoms with van der Waals surface area (Å²) in [4.78, 5) is 0. The van der Waals surface area contributed by atoms with Crippen molar-refractivity contribution in [1.82, 2.24) is 0 Å². The number of hydrogen-bond donors (Lipinski definition) is 0. The molecule has 0 saturated heterocycles. The van der Waals surface area contributed by atoms with E-state index in [1.165, 1.54) is 9.71 Å².